The Hall–Kier alpha value is -1.70. The minimum absolute atomic E-state index is 0. The lowest BCUT2D eigenvalue weighted by Gasteiger charge is -2.34. The van der Waals surface area contributed by atoms with Crippen molar-refractivity contribution in [1.82, 2.24) is 10.6 Å². The van der Waals surface area contributed by atoms with E-state index in [2.05, 4.69) is 22.3 Å². The van der Waals surface area contributed by atoms with Gasteiger partial charge >= 0.3 is 6.61 Å². The predicted octanol–water partition coefficient (Wildman–Crippen LogP) is 4.56. The maximum Gasteiger partial charge on any atom is 0.387 e. The second-order valence-electron chi connectivity index (χ2n) is 6.81. The number of hydrogen-bond acceptors (Lipinski definition) is 4. The van der Waals surface area contributed by atoms with Gasteiger partial charge in [0.25, 0.3) is 5.91 Å². The highest BCUT2D eigenvalue weighted by Gasteiger charge is 2.27. The van der Waals surface area contributed by atoms with E-state index in [-0.39, 0.29) is 29.5 Å². The van der Waals surface area contributed by atoms with Gasteiger partial charge < -0.3 is 15.4 Å². The fourth-order valence-corrected chi connectivity index (χ4v) is 3.93. The van der Waals surface area contributed by atoms with Crippen LogP contribution in [0.2, 0.25) is 0 Å². The minimum Gasteiger partial charge on any atom is -0.435 e. The van der Waals surface area contributed by atoms with E-state index in [1.807, 2.05) is 6.07 Å². The summed E-state index contributed by atoms with van der Waals surface area (Å²) < 4.78 is 28.8. The molecule has 0 saturated carbocycles. The van der Waals surface area contributed by atoms with Crippen molar-refractivity contribution in [2.45, 2.75) is 26.4 Å². The Morgan fingerprint density at radius 1 is 1.22 bits per heavy atom. The maximum absolute atomic E-state index is 12.4. The van der Waals surface area contributed by atoms with Gasteiger partial charge in [0.2, 0.25) is 0 Å². The SMILES string of the molecule is CC1(CNC(=O)c2ccc(-c3ccc(OC(F)F)cc3)s2)CCNCC1.Cl. The van der Waals surface area contributed by atoms with Crippen LogP contribution in [0.3, 0.4) is 0 Å². The van der Waals surface area contributed by atoms with E-state index in [1.54, 1.807) is 18.2 Å². The Morgan fingerprint density at radius 3 is 2.52 bits per heavy atom. The Labute approximate surface area is 167 Å². The number of nitrogens with one attached hydrogen (secondary N) is 2. The Morgan fingerprint density at radius 2 is 1.89 bits per heavy atom. The molecular formula is C19H23ClF2N2O2S. The van der Waals surface area contributed by atoms with Gasteiger partial charge in [-0.25, -0.2) is 0 Å². The first-order chi connectivity index (χ1) is 12.5. The fourth-order valence-electron chi connectivity index (χ4n) is 3.00. The van der Waals surface area contributed by atoms with E-state index in [4.69, 9.17) is 0 Å². The molecule has 4 nitrogen and oxygen atoms in total. The Kier molecular flexibility index (Phi) is 7.59. The van der Waals surface area contributed by atoms with E-state index >= 15 is 0 Å². The largest absolute Gasteiger partial charge is 0.435 e. The number of piperidine rings is 1. The third-order valence-electron chi connectivity index (χ3n) is 4.68. The van der Waals surface area contributed by atoms with Crippen LogP contribution < -0.4 is 15.4 Å². The van der Waals surface area contributed by atoms with Crippen LogP contribution >= 0.6 is 23.7 Å². The molecule has 0 unspecified atom stereocenters. The van der Waals surface area contributed by atoms with Gasteiger partial charge in [0.1, 0.15) is 5.75 Å². The van der Waals surface area contributed by atoms with Crippen LogP contribution in [-0.4, -0.2) is 32.2 Å². The van der Waals surface area contributed by atoms with E-state index in [0.717, 1.165) is 36.4 Å². The number of hydrogen-bond donors (Lipinski definition) is 2. The van der Waals surface area contributed by atoms with Crippen molar-refractivity contribution in [1.29, 1.82) is 0 Å². The number of carbonyl (C=O) groups is 1. The van der Waals surface area contributed by atoms with Gasteiger partial charge in [-0.15, -0.1) is 23.7 Å². The molecule has 0 bridgehead atoms. The summed E-state index contributed by atoms with van der Waals surface area (Å²) in [5.41, 5.74) is 1.00. The lowest BCUT2D eigenvalue weighted by atomic mass is 9.81. The van der Waals surface area contributed by atoms with Gasteiger partial charge in [0.05, 0.1) is 4.88 Å². The van der Waals surface area contributed by atoms with Crippen LogP contribution in [0.25, 0.3) is 10.4 Å². The van der Waals surface area contributed by atoms with Gasteiger partial charge in [-0.3, -0.25) is 4.79 Å². The van der Waals surface area contributed by atoms with Gasteiger partial charge in [-0.2, -0.15) is 8.78 Å². The number of amides is 1. The average Bonchev–Trinajstić information content (AvgIpc) is 3.11. The highest BCUT2D eigenvalue weighted by molar-refractivity contribution is 7.17. The first-order valence-corrected chi connectivity index (χ1v) is 9.41. The molecule has 0 atom stereocenters. The summed E-state index contributed by atoms with van der Waals surface area (Å²) in [7, 11) is 0. The lowest BCUT2D eigenvalue weighted by Crippen LogP contribution is -2.42. The summed E-state index contributed by atoms with van der Waals surface area (Å²) in [6, 6.07) is 10.1. The monoisotopic (exact) mass is 416 g/mol. The van der Waals surface area contributed by atoms with Crippen LogP contribution in [0.5, 0.6) is 5.75 Å². The molecule has 2 N–H and O–H groups in total. The van der Waals surface area contributed by atoms with E-state index in [9.17, 15) is 13.6 Å². The van der Waals surface area contributed by atoms with Crippen LogP contribution in [-0.2, 0) is 0 Å². The molecule has 1 aliphatic heterocycles. The summed E-state index contributed by atoms with van der Waals surface area (Å²) in [4.78, 5) is 14.0. The van der Waals surface area contributed by atoms with E-state index < -0.39 is 6.61 Å². The zero-order valence-electron chi connectivity index (χ0n) is 15.0. The second kappa shape index (κ2) is 9.48. The molecule has 0 aliphatic carbocycles. The predicted molar refractivity (Wildman–Crippen MR) is 106 cm³/mol. The summed E-state index contributed by atoms with van der Waals surface area (Å²) in [6.07, 6.45) is 2.10. The number of halogens is 3. The Bertz CT molecular complexity index is 746. The number of benzene rings is 1. The van der Waals surface area contributed by atoms with Crippen molar-refractivity contribution in [2.24, 2.45) is 5.41 Å². The molecular weight excluding hydrogens is 394 g/mol. The molecule has 1 amide bonds. The molecule has 2 aromatic rings. The minimum atomic E-state index is -2.83. The van der Waals surface area contributed by atoms with Crippen molar-refractivity contribution in [3.05, 3.63) is 41.3 Å². The summed E-state index contributed by atoms with van der Waals surface area (Å²) in [5, 5.41) is 6.38. The van der Waals surface area contributed by atoms with E-state index in [0.29, 0.717) is 11.4 Å². The molecule has 1 aromatic heterocycles. The molecule has 1 aromatic carbocycles. The molecule has 2 heterocycles. The molecule has 1 saturated heterocycles. The van der Waals surface area contributed by atoms with Crippen molar-refractivity contribution in [3.63, 3.8) is 0 Å². The molecule has 148 valence electrons. The van der Waals surface area contributed by atoms with Crippen molar-refractivity contribution in [2.75, 3.05) is 19.6 Å². The molecule has 0 radical (unpaired) electrons. The van der Waals surface area contributed by atoms with Crippen LogP contribution in [0.15, 0.2) is 36.4 Å². The number of carbonyl (C=O) groups excluding carboxylic acids is 1. The van der Waals surface area contributed by atoms with Crippen molar-refractivity contribution in [3.8, 4) is 16.2 Å². The molecule has 1 aliphatic rings. The number of alkyl halides is 2. The third-order valence-corrected chi connectivity index (χ3v) is 5.81. The smallest absolute Gasteiger partial charge is 0.387 e. The topological polar surface area (TPSA) is 50.4 Å². The zero-order chi connectivity index (χ0) is 18.6. The second-order valence-corrected chi connectivity index (χ2v) is 7.89. The number of thiophene rings is 1. The van der Waals surface area contributed by atoms with Crippen molar-refractivity contribution < 1.29 is 18.3 Å². The molecule has 27 heavy (non-hydrogen) atoms. The third kappa shape index (κ3) is 5.89. The van der Waals surface area contributed by atoms with Crippen LogP contribution in [0.1, 0.15) is 29.4 Å². The molecule has 8 heteroatoms. The highest BCUT2D eigenvalue weighted by atomic mass is 35.5. The van der Waals surface area contributed by atoms with Gasteiger partial charge in [-0.1, -0.05) is 6.92 Å². The van der Waals surface area contributed by atoms with Crippen LogP contribution in [0.4, 0.5) is 8.78 Å². The maximum atomic E-state index is 12.4. The Balaban J connectivity index is 0.00000261. The first-order valence-electron chi connectivity index (χ1n) is 8.59. The van der Waals surface area contributed by atoms with Gasteiger partial charge in [0.15, 0.2) is 0 Å². The normalized spacial score (nSPS) is 15.9. The molecule has 3 rings (SSSR count). The quantitative estimate of drug-likeness (QED) is 0.725. The van der Waals surface area contributed by atoms with E-state index in [1.165, 1.54) is 23.5 Å². The van der Waals surface area contributed by atoms with Gasteiger partial charge in [0, 0.05) is 11.4 Å². The van der Waals surface area contributed by atoms with Crippen LogP contribution in [0, 0.1) is 5.41 Å². The summed E-state index contributed by atoms with van der Waals surface area (Å²) in [6.45, 7) is 2.01. The number of ether oxygens (including phenoxy) is 1. The average molecular weight is 417 g/mol. The fraction of sp³-hybridized carbons (Fsp3) is 0.421. The summed E-state index contributed by atoms with van der Waals surface area (Å²) in [5.74, 6) is 0.0483. The highest BCUT2D eigenvalue weighted by Crippen LogP contribution is 2.30. The summed E-state index contributed by atoms with van der Waals surface area (Å²) >= 11 is 1.39. The first kappa shape index (κ1) is 21.6. The lowest BCUT2D eigenvalue weighted by molar-refractivity contribution is -0.0498. The standard InChI is InChI=1S/C19H22F2N2O2S.ClH/c1-19(8-10-22-11-9-19)12-23-17(24)16-7-6-15(26-16)13-2-4-14(5-3-13)25-18(20)21;/h2-7,18,22H,8-12H2,1H3,(H,23,24);1H. The van der Waals surface area contributed by atoms with Gasteiger partial charge in [-0.05, 0) is 73.3 Å². The molecule has 0 spiro atoms. The van der Waals surface area contributed by atoms with Crippen molar-refractivity contribution >= 4 is 29.7 Å². The zero-order valence-corrected chi connectivity index (χ0v) is 16.6. The molecule has 1 fully saturated rings. The number of rotatable bonds is 6.